The summed E-state index contributed by atoms with van der Waals surface area (Å²) in [6.45, 7) is 6.07. The van der Waals surface area contributed by atoms with Crippen LogP contribution in [0.3, 0.4) is 0 Å². The molecule has 2 rings (SSSR count). The highest BCUT2D eigenvalue weighted by Gasteiger charge is 2.35. The molecular weight excluding hydrogens is 389 g/mol. The number of likely N-dealkylation sites (tertiary alicyclic amines) is 1. The fraction of sp³-hybridized carbons (Fsp3) is 0.562. The van der Waals surface area contributed by atoms with Crippen LogP contribution < -0.4 is 5.32 Å². The van der Waals surface area contributed by atoms with E-state index in [-0.39, 0.29) is 11.7 Å². The minimum atomic E-state index is -4.45. The number of nitrogens with one attached hydrogen (secondary N) is 1. The Balaban J connectivity index is 2.05. The van der Waals surface area contributed by atoms with Gasteiger partial charge in [-0.3, -0.25) is 0 Å². The van der Waals surface area contributed by atoms with Gasteiger partial charge in [0.15, 0.2) is 0 Å². The predicted molar refractivity (Wildman–Crippen MR) is 89.0 cm³/mol. The highest BCUT2D eigenvalue weighted by atomic mass is 79.9. The van der Waals surface area contributed by atoms with Crippen LogP contribution in [-0.4, -0.2) is 35.7 Å². The smallest absolute Gasteiger partial charge is 0.418 e. The summed E-state index contributed by atoms with van der Waals surface area (Å²) in [6.07, 6.45) is -4.33. The van der Waals surface area contributed by atoms with E-state index >= 15 is 0 Å². The molecule has 0 saturated carbocycles. The Morgan fingerprint density at radius 2 is 2.00 bits per heavy atom. The average Bonchev–Trinajstić information content (AvgIpc) is 2.86. The SMILES string of the molecule is CC(C)(C)OC(=O)N1CCC(Nc2ccc(Br)cc2C(F)(F)F)C1. The molecule has 1 unspecified atom stereocenters. The van der Waals surface area contributed by atoms with Gasteiger partial charge < -0.3 is 15.0 Å². The molecule has 1 heterocycles. The molecule has 0 aliphatic carbocycles. The summed E-state index contributed by atoms with van der Waals surface area (Å²) in [5.74, 6) is 0. The maximum Gasteiger partial charge on any atom is 0.418 e. The molecule has 0 radical (unpaired) electrons. The van der Waals surface area contributed by atoms with Crippen molar-refractivity contribution in [2.24, 2.45) is 0 Å². The van der Waals surface area contributed by atoms with Crippen molar-refractivity contribution in [3.8, 4) is 0 Å². The fourth-order valence-corrected chi connectivity index (χ4v) is 2.83. The Hall–Kier alpha value is -1.44. The predicted octanol–water partition coefficient (Wildman–Crippen LogP) is 4.89. The van der Waals surface area contributed by atoms with Crippen LogP contribution in [-0.2, 0) is 10.9 Å². The molecule has 1 atom stereocenters. The summed E-state index contributed by atoms with van der Waals surface area (Å²) in [6, 6.07) is 3.74. The third-order valence-electron chi connectivity index (χ3n) is 3.49. The van der Waals surface area contributed by atoms with Crippen LogP contribution in [0.5, 0.6) is 0 Å². The van der Waals surface area contributed by atoms with Crippen molar-refractivity contribution in [1.82, 2.24) is 4.90 Å². The molecule has 1 N–H and O–H groups in total. The van der Waals surface area contributed by atoms with Crippen molar-refractivity contribution in [3.05, 3.63) is 28.2 Å². The summed E-state index contributed by atoms with van der Waals surface area (Å²) in [5, 5.41) is 2.90. The topological polar surface area (TPSA) is 41.6 Å². The van der Waals surface area contributed by atoms with E-state index < -0.39 is 23.4 Å². The zero-order valence-corrected chi connectivity index (χ0v) is 15.3. The Morgan fingerprint density at radius 3 is 2.58 bits per heavy atom. The minimum Gasteiger partial charge on any atom is -0.444 e. The lowest BCUT2D eigenvalue weighted by molar-refractivity contribution is -0.137. The van der Waals surface area contributed by atoms with E-state index in [0.29, 0.717) is 24.0 Å². The second-order valence-corrected chi connectivity index (χ2v) is 7.66. The molecule has 1 aromatic carbocycles. The first-order valence-corrected chi connectivity index (χ1v) is 8.36. The first kappa shape index (κ1) is 18.9. The third kappa shape index (κ3) is 5.03. The number of carbonyl (C=O) groups excluding carboxylic acids is 1. The van der Waals surface area contributed by atoms with Crippen LogP contribution in [0.25, 0.3) is 0 Å². The number of hydrogen-bond donors (Lipinski definition) is 1. The van der Waals surface area contributed by atoms with Crippen LogP contribution in [0.15, 0.2) is 22.7 Å². The normalized spacial score (nSPS) is 18.6. The number of ether oxygens (including phenoxy) is 1. The van der Waals surface area contributed by atoms with Gasteiger partial charge in [0, 0.05) is 29.3 Å². The van der Waals surface area contributed by atoms with Crippen LogP contribution >= 0.6 is 15.9 Å². The van der Waals surface area contributed by atoms with E-state index in [1.807, 2.05) is 0 Å². The van der Waals surface area contributed by atoms with Gasteiger partial charge in [0.25, 0.3) is 0 Å². The summed E-state index contributed by atoms with van der Waals surface area (Å²) in [4.78, 5) is 13.5. The van der Waals surface area contributed by atoms with Crippen LogP contribution in [0.1, 0.15) is 32.8 Å². The number of carbonyl (C=O) groups is 1. The molecule has 134 valence electrons. The number of nitrogens with zero attached hydrogens (tertiary/aromatic N) is 1. The molecule has 1 aromatic rings. The number of hydrogen-bond acceptors (Lipinski definition) is 3. The van der Waals surface area contributed by atoms with Gasteiger partial charge in [-0.2, -0.15) is 13.2 Å². The Labute approximate surface area is 147 Å². The van der Waals surface area contributed by atoms with Gasteiger partial charge >= 0.3 is 12.3 Å². The van der Waals surface area contributed by atoms with E-state index in [0.717, 1.165) is 6.07 Å². The standard InChI is InChI=1S/C16H20BrF3N2O2/c1-15(2,3)24-14(23)22-7-6-11(9-22)21-13-5-4-10(17)8-12(13)16(18,19)20/h4-5,8,11,21H,6-7,9H2,1-3H3. The summed E-state index contributed by atoms with van der Waals surface area (Å²) >= 11 is 3.06. The highest BCUT2D eigenvalue weighted by molar-refractivity contribution is 9.10. The third-order valence-corrected chi connectivity index (χ3v) is 3.98. The molecule has 1 amide bonds. The van der Waals surface area contributed by atoms with Gasteiger partial charge in [-0.25, -0.2) is 4.79 Å². The molecule has 24 heavy (non-hydrogen) atoms. The monoisotopic (exact) mass is 408 g/mol. The summed E-state index contributed by atoms with van der Waals surface area (Å²) < 4.78 is 45.1. The van der Waals surface area contributed by atoms with Crippen molar-refractivity contribution in [3.63, 3.8) is 0 Å². The number of alkyl halides is 3. The van der Waals surface area contributed by atoms with Crippen LogP contribution in [0.4, 0.5) is 23.7 Å². The number of benzene rings is 1. The zero-order valence-electron chi connectivity index (χ0n) is 13.7. The summed E-state index contributed by atoms with van der Waals surface area (Å²) in [5.41, 5.74) is -1.31. The van der Waals surface area contributed by atoms with Crippen molar-refractivity contribution in [2.45, 2.75) is 45.0 Å². The molecule has 0 spiro atoms. The number of amides is 1. The second kappa shape index (κ2) is 6.82. The Kier molecular flexibility index (Phi) is 5.37. The molecule has 4 nitrogen and oxygen atoms in total. The molecule has 1 saturated heterocycles. The maximum atomic E-state index is 13.1. The van der Waals surface area contributed by atoms with Gasteiger partial charge in [0.1, 0.15) is 5.60 Å². The Bertz CT molecular complexity index is 614. The first-order chi connectivity index (χ1) is 11.0. The van der Waals surface area contributed by atoms with Gasteiger partial charge in [0.05, 0.1) is 5.56 Å². The summed E-state index contributed by atoms with van der Waals surface area (Å²) in [7, 11) is 0. The van der Waals surface area contributed by atoms with Crippen molar-refractivity contribution >= 4 is 27.7 Å². The molecule has 8 heteroatoms. The van der Waals surface area contributed by atoms with Gasteiger partial charge in [-0.05, 0) is 45.4 Å². The lowest BCUT2D eigenvalue weighted by atomic mass is 10.1. The fourth-order valence-electron chi connectivity index (χ4n) is 2.47. The lowest BCUT2D eigenvalue weighted by Gasteiger charge is -2.24. The quantitative estimate of drug-likeness (QED) is 0.757. The molecule has 0 aromatic heterocycles. The van der Waals surface area contributed by atoms with Crippen molar-refractivity contribution in [2.75, 3.05) is 18.4 Å². The van der Waals surface area contributed by atoms with E-state index in [4.69, 9.17) is 4.74 Å². The van der Waals surface area contributed by atoms with E-state index in [2.05, 4.69) is 21.2 Å². The minimum absolute atomic E-state index is 0.0155. The lowest BCUT2D eigenvalue weighted by Crippen LogP contribution is -2.36. The zero-order chi connectivity index (χ0) is 18.1. The van der Waals surface area contributed by atoms with Crippen molar-refractivity contribution in [1.29, 1.82) is 0 Å². The van der Waals surface area contributed by atoms with E-state index in [1.54, 1.807) is 26.8 Å². The molecule has 1 aliphatic heterocycles. The number of rotatable bonds is 2. The van der Waals surface area contributed by atoms with Gasteiger partial charge in [-0.15, -0.1) is 0 Å². The first-order valence-electron chi connectivity index (χ1n) is 7.57. The van der Waals surface area contributed by atoms with Crippen LogP contribution in [0, 0.1) is 0 Å². The number of halogens is 4. The molecule has 1 fully saturated rings. The van der Waals surface area contributed by atoms with E-state index in [1.165, 1.54) is 11.0 Å². The highest BCUT2D eigenvalue weighted by Crippen LogP contribution is 2.37. The Morgan fingerprint density at radius 1 is 1.33 bits per heavy atom. The van der Waals surface area contributed by atoms with E-state index in [9.17, 15) is 18.0 Å². The second-order valence-electron chi connectivity index (χ2n) is 6.74. The maximum absolute atomic E-state index is 13.1. The molecular formula is C16H20BrF3N2O2. The van der Waals surface area contributed by atoms with Gasteiger partial charge in [-0.1, -0.05) is 15.9 Å². The molecule has 0 bridgehead atoms. The van der Waals surface area contributed by atoms with Crippen LogP contribution in [0.2, 0.25) is 0 Å². The molecule has 1 aliphatic rings. The number of anilines is 1. The largest absolute Gasteiger partial charge is 0.444 e. The van der Waals surface area contributed by atoms with Gasteiger partial charge in [0.2, 0.25) is 0 Å². The van der Waals surface area contributed by atoms with Crippen molar-refractivity contribution < 1.29 is 22.7 Å². The average molecular weight is 409 g/mol.